The number of fused-ring (bicyclic) bond motifs is 9. The second kappa shape index (κ2) is 11.2. The second-order valence-electron chi connectivity index (χ2n) is 15.5. The summed E-state index contributed by atoms with van der Waals surface area (Å²) in [5.41, 5.74) is 11.5. The van der Waals surface area contributed by atoms with Crippen LogP contribution < -0.4 is 4.90 Å². The molecule has 1 nitrogen and oxygen atoms in total. The first-order valence-corrected chi connectivity index (χ1v) is 19.7. The van der Waals surface area contributed by atoms with Crippen LogP contribution in [0.4, 0.5) is 17.1 Å². The Morgan fingerprint density at radius 3 is 1.36 bits per heavy atom. The van der Waals surface area contributed by atoms with Gasteiger partial charge in [0.1, 0.15) is 0 Å². The quantitative estimate of drug-likeness (QED) is 0.177. The van der Waals surface area contributed by atoms with E-state index in [0.717, 1.165) is 6.42 Å². The van der Waals surface area contributed by atoms with Crippen LogP contribution in [0.25, 0.3) is 97.7 Å². The third-order valence-electron chi connectivity index (χ3n) is 12.7. The molecule has 0 N–H and O–H groups in total. The van der Waals surface area contributed by atoms with Gasteiger partial charge >= 0.3 is 0 Å². The summed E-state index contributed by atoms with van der Waals surface area (Å²) in [6, 6.07) is 70.5. The molecule has 258 valence electrons. The van der Waals surface area contributed by atoms with Crippen molar-refractivity contribution < 1.29 is 0 Å². The Labute approximate surface area is 324 Å². The number of rotatable bonds is 3. The first kappa shape index (κ1) is 30.1. The Bertz CT molecular complexity index is 3350. The van der Waals surface area contributed by atoms with E-state index in [9.17, 15) is 0 Å². The highest BCUT2D eigenvalue weighted by Crippen LogP contribution is 2.55. The van der Waals surface area contributed by atoms with Gasteiger partial charge in [-0.1, -0.05) is 158 Å². The maximum atomic E-state index is 2.52. The summed E-state index contributed by atoms with van der Waals surface area (Å²) in [5.74, 6) is 0. The van der Waals surface area contributed by atoms with Crippen molar-refractivity contribution >= 4 is 92.5 Å². The van der Waals surface area contributed by atoms with Gasteiger partial charge in [-0.15, -0.1) is 0 Å². The molecule has 1 aliphatic rings. The normalized spacial score (nSPS) is 12.9. The summed E-state index contributed by atoms with van der Waals surface area (Å²) in [4.78, 5) is 2.51. The third kappa shape index (κ3) is 3.94. The third-order valence-corrected chi connectivity index (χ3v) is 12.7. The Morgan fingerprint density at radius 2 is 0.768 bits per heavy atom. The van der Waals surface area contributed by atoms with Crippen molar-refractivity contribution in [3.63, 3.8) is 0 Å². The van der Waals surface area contributed by atoms with E-state index >= 15 is 0 Å². The van der Waals surface area contributed by atoms with E-state index in [1.54, 1.807) is 0 Å². The maximum absolute atomic E-state index is 2.52. The largest absolute Gasteiger partial charge is 0.309 e. The molecule has 1 aliphatic heterocycles. The maximum Gasteiger partial charge on any atom is 0.0540 e. The molecule has 0 saturated carbocycles. The minimum Gasteiger partial charge on any atom is -0.309 e. The summed E-state index contributed by atoms with van der Waals surface area (Å²) in [6.07, 6.45) is 0.936. The molecule has 0 bridgehead atoms. The van der Waals surface area contributed by atoms with Crippen molar-refractivity contribution in [3.05, 3.63) is 199 Å². The molecule has 0 aliphatic carbocycles. The van der Waals surface area contributed by atoms with Crippen LogP contribution in [-0.2, 0) is 6.42 Å². The fraction of sp³-hybridized carbons (Fsp3) is 0.0182. The highest BCUT2D eigenvalue weighted by Gasteiger charge is 2.29. The topological polar surface area (TPSA) is 3.24 Å². The minimum absolute atomic E-state index is 0.936. The van der Waals surface area contributed by atoms with Crippen molar-refractivity contribution in [3.8, 4) is 22.3 Å². The Morgan fingerprint density at radius 1 is 0.286 bits per heavy atom. The zero-order valence-electron chi connectivity index (χ0n) is 30.6. The molecule has 0 spiro atoms. The van der Waals surface area contributed by atoms with Crippen LogP contribution >= 0.6 is 0 Å². The second-order valence-corrected chi connectivity index (χ2v) is 15.5. The van der Waals surface area contributed by atoms with Crippen LogP contribution in [0.5, 0.6) is 0 Å². The molecule has 0 unspecified atom stereocenters. The number of benzene rings is 10. The number of nitrogens with zero attached hydrogens (tertiary/aromatic N) is 1. The molecular weight excluding hydrogens is 675 g/mol. The van der Waals surface area contributed by atoms with E-state index in [4.69, 9.17) is 0 Å². The number of hydrogen-bond acceptors (Lipinski definition) is 1. The summed E-state index contributed by atoms with van der Waals surface area (Å²) < 4.78 is 0. The van der Waals surface area contributed by atoms with Crippen LogP contribution in [-0.4, -0.2) is 0 Å². The average Bonchev–Trinajstić information content (AvgIpc) is 3.76. The molecule has 13 rings (SSSR count). The van der Waals surface area contributed by atoms with Crippen molar-refractivity contribution in [1.82, 2.24) is 0 Å². The lowest BCUT2D eigenvalue weighted by molar-refractivity contribution is 1.09. The predicted molar refractivity (Wildman–Crippen MR) is 240 cm³/mol. The van der Waals surface area contributed by atoms with E-state index in [2.05, 4.69) is 193 Å². The Balaban J connectivity index is 1.25. The molecule has 0 aromatic heterocycles. The summed E-state index contributed by atoms with van der Waals surface area (Å²) >= 11 is 0. The fourth-order valence-electron chi connectivity index (χ4n) is 10.5. The van der Waals surface area contributed by atoms with Gasteiger partial charge in [0, 0.05) is 23.2 Å². The Hall–Kier alpha value is -7.22. The lowest BCUT2D eigenvalue weighted by Crippen LogP contribution is -2.18. The molecule has 0 amide bonds. The lowest BCUT2D eigenvalue weighted by atomic mass is 9.85. The van der Waals surface area contributed by atoms with E-state index < -0.39 is 0 Å². The van der Waals surface area contributed by atoms with Crippen LogP contribution in [0.1, 0.15) is 11.1 Å². The van der Waals surface area contributed by atoms with Gasteiger partial charge in [0.15, 0.2) is 0 Å². The standard InChI is InChI=1S/C55H33N/c1-3-14-34(15-4-1)51-45-31-43-38-22-11-20-33-21-12-23-39(50(33)38)44(43)32-46(45)52(35-16-5-2-6-17-35)55-42-28-29-49(40-24-13-25-41(53(40)42)54(51)55)56-47-26-9-7-18-36(47)30-37-19-8-10-27-48(37)56/h1-29,31-32H,30H2. The van der Waals surface area contributed by atoms with Crippen LogP contribution in [0.15, 0.2) is 188 Å². The van der Waals surface area contributed by atoms with E-state index in [1.165, 1.54) is 126 Å². The van der Waals surface area contributed by atoms with Gasteiger partial charge in [-0.05, 0) is 134 Å². The summed E-state index contributed by atoms with van der Waals surface area (Å²) in [7, 11) is 0. The fourth-order valence-corrected chi connectivity index (χ4v) is 10.5. The zero-order chi connectivity index (χ0) is 36.5. The summed E-state index contributed by atoms with van der Waals surface area (Å²) in [6.45, 7) is 0. The van der Waals surface area contributed by atoms with Crippen molar-refractivity contribution in [1.29, 1.82) is 0 Å². The number of hydrogen-bond donors (Lipinski definition) is 0. The summed E-state index contributed by atoms with van der Waals surface area (Å²) in [5, 5.41) is 18.4. The van der Waals surface area contributed by atoms with Crippen LogP contribution in [0, 0.1) is 0 Å². The molecule has 0 saturated heterocycles. The first-order chi connectivity index (χ1) is 27.8. The van der Waals surface area contributed by atoms with Crippen molar-refractivity contribution in [2.24, 2.45) is 0 Å². The molecule has 0 atom stereocenters. The van der Waals surface area contributed by atoms with E-state index in [0.29, 0.717) is 0 Å². The van der Waals surface area contributed by atoms with Gasteiger partial charge in [-0.3, -0.25) is 0 Å². The number of para-hydroxylation sites is 2. The molecule has 1 heteroatoms. The van der Waals surface area contributed by atoms with Gasteiger partial charge in [0.25, 0.3) is 0 Å². The Kier molecular flexibility index (Phi) is 6.01. The number of anilines is 3. The van der Waals surface area contributed by atoms with Crippen LogP contribution in [0.3, 0.4) is 0 Å². The zero-order valence-corrected chi connectivity index (χ0v) is 30.6. The molecule has 56 heavy (non-hydrogen) atoms. The lowest BCUT2D eigenvalue weighted by Gasteiger charge is -2.34. The predicted octanol–water partition coefficient (Wildman–Crippen LogP) is 15.3. The first-order valence-electron chi connectivity index (χ1n) is 19.7. The van der Waals surface area contributed by atoms with Gasteiger partial charge in [-0.2, -0.15) is 0 Å². The van der Waals surface area contributed by atoms with Crippen molar-refractivity contribution in [2.75, 3.05) is 4.90 Å². The monoisotopic (exact) mass is 707 g/mol. The SMILES string of the molecule is c1ccc(-c2c3cc4c(cc3c(-c3ccccc3)c3c5ccc(N6c7ccccc7Cc7ccccc76)c6cccc(c23)c65)c2cccc3cccc4c32)cc1. The van der Waals surface area contributed by atoms with Gasteiger partial charge in [0.05, 0.1) is 5.69 Å². The van der Waals surface area contributed by atoms with E-state index in [-0.39, 0.29) is 0 Å². The molecule has 0 fully saturated rings. The van der Waals surface area contributed by atoms with Gasteiger partial charge < -0.3 is 4.90 Å². The van der Waals surface area contributed by atoms with E-state index in [1.807, 2.05) is 0 Å². The van der Waals surface area contributed by atoms with Gasteiger partial charge in [-0.25, -0.2) is 0 Å². The van der Waals surface area contributed by atoms with Crippen molar-refractivity contribution in [2.45, 2.75) is 6.42 Å². The minimum atomic E-state index is 0.936. The highest BCUT2D eigenvalue weighted by molar-refractivity contribution is 6.42. The molecule has 12 aromatic carbocycles. The molecule has 12 aromatic rings. The molecule has 1 heterocycles. The molecule has 0 radical (unpaired) electrons. The molecular formula is C55H33N. The van der Waals surface area contributed by atoms with Gasteiger partial charge in [0.2, 0.25) is 0 Å². The smallest absolute Gasteiger partial charge is 0.0540 e. The van der Waals surface area contributed by atoms with Crippen LogP contribution in [0.2, 0.25) is 0 Å². The highest BCUT2D eigenvalue weighted by atomic mass is 15.2. The average molecular weight is 708 g/mol.